The van der Waals surface area contributed by atoms with Gasteiger partial charge >= 0.3 is 42.1 Å². The molecule has 278 valence electrons. The molecular weight excluding hydrogens is 853 g/mol. The van der Waals surface area contributed by atoms with E-state index in [1.807, 2.05) is 0 Å². The van der Waals surface area contributed by atoms with Crippen LogP contribution in [0.5, 0.6) is 0 Å². The van der Waals surface area contributed by atoms with Gasteiger partial charge in [-0.1, -0.05) is 141 Å². The van der Waals surface area contributed by atoms with E-state index in [0.29, 0.717) is 8.64 Å². The molecule has 12 heteroatoms. The first kappa shape index (κ1) is 66.5. The molecule has 0 saturated heterocycles. The minimum absolute atomic E-state index is 0. The molecule has 0 aliphatic heterocycles. The molecule has 4 nitrogen and oxygen atoms in total. The Balaban J connectivity index is -0.0000000926. The van der Waals surface area contributed by atoms with E-state index < -0.39 is 0 Å². The van der Waals surface area contributed by atoms with Gasteiger partial charge in [0.1, 0.15) is 0 Å². The van der Waals surface area contributed by atoms with Gasteiger partial charge in [-0.05, 0) is 49.4 Å². The zero-order chi connectivity index (χ0) is 30.8. The summed E-state index contributed by atoms with van der Waals surface area (Å²) >= 11 is 21.3. The van der Waals surface area contributed by atoms with Crippen LogP contribution in [0.2, 0.25) is 0 Å². The molecule has 0 aromatic carbocycles. The van der Waals surface area contributed by atoms with Gasteiger partial charge in [0.05, 0.1) is 0 Å². The Morgan fingerprint density at radius 3 is 0.739 bits per heavy atom. The van der Waals surface area contributed by atoms with Crippen LogP contribution in [0, 0.1) is 23.7 Å². The zero-order valence-corrected chi connectivity index (χ0v) is 39.5. The fraction of sp³-hybridized carbons (Fsp3) is 0.941. The first-order valence-electron chi connectivity index (χ1n) is 17.1. The van der Waals surface area contributed by atoms with Crippen LogP contribution in [-0.4, -0.2) is 55.6 Å². The molecule has 4 N–H and O–H groups in total. The Hall–Kier alpha value is 2.22. The van der Waals surface area contributed by atoms with Gasteiger partial charge in [0, 0.05) is 26.2 Å². The van der Waals surface area contributed by atoms with Crippen LogP contribution >= 0.6 is 24.4 Å². The predicted molar refractivity (Wildman–Crippen MR) is 218 cm³/mol. The Morgan fingerprint density at radius 1 is 0.457 bits per heavy atom. The molecule has 0 rings (SSSR count). The van der Waals surface area contributed by atoms with Crippen LogP contribution in [0.1, 0.15) is 158 Å². The van der Waals surface area contributed by atoms with Crippen molar-refractivity contribution in [2.45, 2.75) is 158 Å². The van der Waals surface area contributed by atoms with Crippen molar-refractivity contribution in [1.29, 1.82) is 0 Å². The molecule has 0 fully saturated rings. The van der Waals surface area contributed by atoms with Crippen molar-refractivity contribution in [3.63, 3.8) is 0 Å². The van der Waals surface area contributed by atoms with Crippen molar-refractivity contribution in [3.05, 3.63) is 0 Å². The van der Waals surface area contributed by atoms with Gasteiger partial charge in [0.25, 0.3) is 0 Å². The Morgan fingerprint density at radius 2 is 0.630 bits per heavy atom. The molecule has 0 aromatic heterocycles. The molecule has 0 heterocycles. The number of hydrogen-bond donors (Lipinski definition) is 0. The molecule has 4 unspecified atom stereocenters. The van der Waals surface area contributed by atoms with Crippen molar-refractivity contribution >= 4 is 85.3 Å². The summed E-state index contributed by atoms with van der Waals surface area (Å²) in [5, 5.41) is 0. The van der Waals surface area contributed by atoms with Crippen molar-refractivity contribution in [1.82, 2.24) is 9.80 Å². The van der Waals surface area contributed by atoms with E-state index in [0.717, 1.165) is 49.9 Å². The summed E-state index contributed by atoms with van der Waals surface area (Å²) in [6, 6.07) is 0. The van der Waals surface area contributed by atoms with E-state index in [2.05, 4.69) is 65.2 Å². The van der Waals surface area contributed by atoms with Gasteiger partial charge in [0.15, 0.2) is 0 Å². The largest absolute Gasteiger partial charge is 3.00 e. The van der Waals surface area contributed by atoms with Crippen LogP contribution in [0.15, 0.2) is 0 Å². The van der Waals surface area contributed by atoms with Crippen LogP contribution in [0.25, 0.3) is 0 Å². The van der Waals surface area contributed by atoms with Crippen LogP contribution in [-0.2, 0) is 94.4 Å². The number of hydrogen-bond acceptors (Lipinski definition) is 4. The predicted octanol–water partition coefficient (Wildman–Crippen LogP) is 9.45. The minimum atomic E-state index is 0. The monoisotopic (exact) mass is 928 g/mol. The van der Waals surface area contributed by atoms with E-state index in [1.165, 1.54) is 103 Å². The summed E-state index contributed by atoms with van der Waals surface area (Å²) in [6.07, 6.45) is 20.6. The summed E-state index contributed by atoms with van der Waals surface area (Å²) in [4.78, 5) is 4.61. The van der Waals surface area contributed by atoms with E-state index in [-0.39, 0.29) is 80.1 Å². The summed E-state index contributed by atoms with van der Waals surface area (Å²) in [7, 11) is 0. The maximum Gasteiger partial charge on any atom is 3.00 e. The quantitative estimate of drug-likeness (QED) is 0.0547. The van der Waals surface area contributed by atoms with Gasteiger partial charge in [-0.2, -0.15) is 0 Å². The molecule has 0 aliphatic carbocycles. The molecular formula is C34H72Mo2N2O2S6. The first-order valence-corrected chi connectivity index (χ1v) is 18.7. The van der Waals surface area contributed by atoms with Crippen LogP contribution in [0.4, 0.5) is 0 Å². The first-order chi connectivity index (χ1) is 19.2. The van der Waals surface area contributed by atoms with Gasteiger partial charge in [-0.15, -0.1) is 0 Å². The number of thiocarbonyl (C=S) groups is 2. The van der Waals surface area contributed by atoms with E-state index in [4.69, 9.17) is 49.7 Å². The zero-order valence-electron chi connectivity index (χ0n) is 30.6. The summed E-state index contributed by atoms with van der Waals surface area (Å²) in [5.41, 5.74) is 0. The SMILES string of the molecule is CCCCC(CC)CN(CC(CC)CCCC)C(=S)[S-].CCCCC(CC)CN(CC(CC)CCCC)C(=S)[S-].O.O.[Mo+3].[Mo+3].[S-2].[S-2]. The second-order valence-corrected chi connectivity index (χ2v) is 14.1. The van der Waals surface area contributed by atoms with Crippen molar-refractivity contribution in [2.24, 2.45) is 23.7 Å². The second kappa shape index (κ2) is 47.2. The third-order valence-corrected chi connectivity index (χ3v) is 9.64. The van der Waals surface area contributed by atoms with Crippen molar-refractivity contribution in [3.8, 4) is 0 Å². The standard InChI is InChI=1S/2C17H35NS2.2Mo.2H2O.2S/c2*1-5-9-11-15(7-3)13-18(17(19)20)14-16(8-4)12-10-6-2;;;;;;/h2*15-16H,5-14H2,1-4H3,(H,19,20);;;2*1H2;;/q;;2*+3;;;2*-2/p-2. The molecule has 0 spiro atoms. The van der Waals surface area contributed by atoms with E-state index >= 15 is 0 Å². The molecule has 2 radical (unpaired) electrons. The molecule has 0 saturated carbocycles. The number of unbranched alkanes of at least 4 members (excludes halogenated alkanes) is 4. The third kappa shape index (κ3) is 37.5. The van der Waals surface area contributed by atoms with Gasteiger partial charge < -0.3 is 97.4 Å². The fourth-order valence-electron chi connectivity index (χ4n) is 5.36. The smallest absolute Gasteiger partial charge is 2.00 e. The average Bonchev–Trinajstić information content (AvgIpc) is 2.95. The fourth-order valence-corrected chi connectivity index (χ4v) is 5.96. The van der Waals surface area contributed by atoms with E-state index in [9.17, 15) is 0 Å². The normalized spacial score (nSPS) is 12.2. The van der Waals surface area contributed by atoms with Crippen LogP contribution in [0.3, 0.4) is 0 Å². The molecule has 4 atom stereocenters. The topological polar surface area (TPSA) is 69.5 Å². The van der Waals surface area contributed by atoms with Gasteiger partial charge in [-0.25, -0.2) is 0 Å². The number of rotatable bonds is 24. The van der Waals surface area contributed by atoms with Gasteiger partial charge in [-0.3, -0.25) is 0 Å². The molecule has 0 bridgehead atoms. The summed E-state index contributed by atoms with van der Waals surface area (Å²) in [6.45, 7) is 22.5. The Labute approximate surface area is 352 Å². The van der Waals surface area contributed by atoms with Gasteiger partial charge in [0.2, 0.25) is 0 Å². The molecule has 0 aliphatic rings. The maximum absolute atomic E-state index is 5.32. The number of nitrogens with zero attached hydrogens (tertiary/aromatic N) is 2. The summed E-state index contributed by atoms with van der Waals surface area (Å²) < 4.78 is 1.35. The molecule has 46 heavy (non-hydrogen) atoms. The minimum Gasteiger partial charge on any atom is -2.00 e. The summed E-state index contributed by atoms with van der Waals surface area (Å²) in [5.74, 6) is 3.00. The average molecular weight is 925 g/mol. The Bertz CT molecular complexity index is 530. The molecule has 0 aromatic rings. The second-order valence-electron chi connectivity index (χ2n) is 12.0. The molecule has 0 amide bonds. The van der Waals surface area contributed by atoms with Crippen molar-refractivity contribution < 1.29 is 53.1 Å². The van der Waals surface area contributed by atoms with E-state index in [1.54, 1.807) is 0 Å². The van der Waals surface area contributed by atoms with Crippen molar-refractivity contribution in [2.75, 3.05) is 26.2 Å². The Kier molecular flexibility index (Phi) is 68.2. The van der Waals surface area contributed by atoms with Crippen LogP contribution < -0.4 is 0 Å². The maximum atomic E-state index is 5.32. The third-order valence-electron chi connectivity index (χ3n) is 8.60.